The van der Waals surface area contributed by atoms with Crippen LogP contribution in [-0.4, -0.2) is 47.5 Å². The molecule has 1 unspecified atom stereocenters. The highest BCUT2D eigenvalue weighted by molar-refractivity contribution is 5.81. The monoisotopic (exact) mass is 452 g/mol. The Bertz CT molecular complexity index is 1340. The predicted octanol–water partition coefficient (Wildman–Crippen LogP) is 4.00. The van der Waals surface area contributed by atoms with Gasteiger partial charge in [-0.2, -0.15) is 0 Å². The standard InChI is InChI=1S/C25H25FN2O5/c1-15-10-24(30)32-22-12-19(3-5-20(15)22)31-14-18(29)13-28-8-6-16(7-9-28)25-21-4-2-17(26)11-23(21)33-27-25/h2-5,10-12,16,18,29H,6-9,13-14H2,1H3. The van der Waals surface area contributed by atoms with Crippen LogP contribution in [0.5, 0.6) is 5.75 Å². The van der Waals surface area contributed by atoms with Crippen LogP contribution in [0, 0.1) is 12.7 Å². The van der Waals surface area contributed by atoms with Gasteiger partial charge in [0, 0.05) is 41.4 Å². The minimum absolute atomic E-state index is 0.140. The Morgan fingerprint density at radius 3 is 2.76 bits per heavy atom. The maximum Gasteiger partial charge on any atom is 0.336 e. The number of aliphatic hydroxyl groups is 1. The number of β-amino-alcohol motifs (C(OH)–C–C–N with tert-alkyl or cyclic N) is 1. The van der Waals surface area contributed by atoms with E-state index in [1.165, 1.54) is 18.2 Å². The lowest BCUT2D eigenvalue weighted by atomic mass is 9.91. The Balaban J connectivity index is 1.14. The number of piperidine rings is 1. The highest BCUT2D eigenvalue weighted by Gasteiger charge is 2.26. The van der Waals surface area contributed by atoms with Gasteiger partial charge in [0.25, 0.3) is 0 Å². The van der Waals surface area contributed by atoms with E-state index in [-0.39, 0.29) is 18.3 Å². The van der Waals surface area contributed by atoms with Crippen molar-refractivity contribution in [2.24, 2.45) is 0 Å². The first-order valence-corrected chi connectivity index (χ1v) is 11.1. The zero-order valence-corrected chi connectivity index (χ0v) is 18.3. The van der Waals surface area contributed by atoms with Crippen molar-refractivity contribution in [2.75, 3.05) is 26.2 Å². The second kappa shape index (κ2) is 8.96. The van der Waals surface area contributed by atoms with Crippen LogP contribution in [0.15, 0.2) is 56.2 Å². The molecule has 1 aliphatic heterocycles. The lowest BCUT2D eigenvalue weighted by Crippen LogP contribution is -2.40. The molecule has 5 rings (SSSR count). The van der Waals surface area contributed by atoms with Crippen molar-refractivity contribution in [3.05, 3.63) is 70.0 Å². The van der Waals surface area contributed by atoms with E-state index in [1.807, 2.05) is 19.1 Å². The highest BCUT2D eigenvalue weighted by atomic mass is 19.1. The van der Waals surface area contributed by atoms with E-state index in [9.17, 15) is 14.3 Å². The summed E-state index contributed by atoms with van der Waals surface area (Å²) in [6, 6.07) is 11.3. The van der Waals surface area contributed by atoms with Gasteiger partial charge in [-0.15, -0.1) is 0 Å². The van der Waals surface area contributed by atoms with Crippen LogP contribution < -0.4 is 10.4 Å². The molecule has 1 saturated heterocycles. The molecule has 1 N–H and O–H groups in total. The third-order valence-corrected chi connectivity index (χ3v) is 6.27. The Morgan fingerprint density at radius 1 is 1.15 bits per heavy atom. The van der Waals surface area contributed by atoms with Gasteiger partial charge in [-0.3, -0.25) is 0 Å². The summed E-state index contributed by atoms with van der Waals surface area (Å²) >= 11 is 0. The molecule has 0 aliphatic carbocycles. The van der Waals surface area contributed by atoms with Crippen LogP contribution in [0.3, 0.4) is 0 Å². The molecule has 1 atom stereocenters. The fourth-order valence-corrected chi connectivity index (χ4v) is 4.55. The van der Waals surface area contributed by atoms with Gasteiger partial charge in [0.05, 0.1) is 5.69 Å². The number of halogens is 1. The number of nitrogens with zero attached hydrogens (tertiary/aromatic N) is 2. The third kappa shape index (κ3) is 4.62. The van der Waals surface area contributed by atoms with E-state index in [4.69, 9.17) is 13.7 Å². The topological polar surface area (TPSA) is 88.9 Å². The van der Waals surface area contributed by atoms with Gasteiger partial charge in [0.15, 0.2) is 5.58 Å². The van der Waals surface area contributed by atoms with Crippen molar-refractivity contribution in [1.82, 2.24) is 10.1 Å². The number of hydrogen-bond donors (Lipinski definition) is 1. The lowest BCUT2D eigenvalue weighted by molar-refractivity contribution is 0.0592. The van der Waals surface area contributed by atoms with Gasteiger partial charge in [-0.1, -0.05) is 5.16 Å². The molecule has 33 heavy (non-hydrogen) atoms. The van der Waals surface area contributed by atoms with Gasteiger partial charge in [-0.05, 0) is 62.7 Å². The molecule has 2 aromatic carbocycles. The van der Waals surface area contributed by atoms with Crippen LogP contribution in [0.1, 0.15) is 30.0 Å². The molecule has 0 saturated carbocycles. The van der Waals surface area contributed by atoms with Crippen LogP contribution in [-0.2, 0) is 0 Å². The maximum absolute atomic E-state index is 13.4. The van der Waals surface area contributed by atoms with Crippen LogP contribution in [0.2, 0.25) is 0 Å². The summed E-state index contributed by atoms with van der Waals surface area (Å²) in [5.74, 6) is 0.458. The van der Waals surface area contributed by atoms with E-state index in [1.54, 1.807) is 12.1 Å². The second-order valence-corrected chi connectivity index (χ2v) is 8.65. The summed E-state index contributed by atoms with van der Waals surface area (Å²) in [6.45, 7) is 4.13. The Morgan fingerprint density at radius 2 is 1.94 bits per heavy atom. The van der Waals surface area contributed by atoms with Crippen molar-refractivity contribution < 1.29 is 23.2 Å². The molecule has 0 bridgehead atoms. The first-order chi connectivity index (χ1) is 16.0. The number of likely N-dealkylation sites (tertiary alicyclic amines) is 1. The molecule has 4 aromatic rings. The molecule has 1 aliphatic rings. The van der Waals surface area contributed by atoms with Gasteiger partial charge in [-0.25, -0.2) is 9.18 Å². The van der Waals surface area contributed by atoms with Crippen molar-refractivity contribution in [3.63, 3.8) is 0 Å². The van der Waals surface area contributed by atoms with Crippen LogP contribution >= 0.6 is 0 Å². The first-order valence-electron chi connectivity index (χ1n) is 11.1. The Hall–Kier alpha value is -3.23. The number of hydrogen-bond acceptors (Lipinski definition) is 7. The molecule has 0 amide bonds. The summed E-state index contributed by atoms with van der Waals surface area (Å²) in [5.41, 5.74) is 2.28. The first kappa shape index (κ1) is 21.6. The SMILES string of the molecule is Cc1cc(=O)oc2cc(OCC(O)CN3CCC(c4noc5cc(F)ccc45)CC3)ccc12. The zero-order chi connectivity index (χ0) is 22.9. The average molecular weight is 452 g/mol. The number of aromatic nitrogens is 1. The van der Waals surface area contributed by atoms with Crippen LogP contribution in [0.4, 0.5) is 4.39 Å². The highest BCUT2D eigenvalue weighted by Crippen LogP contribution is 2.32. The molecule has 172 valence electrons. The summed E-state index contributed by atoms with van der Waals surface area (Å²) in [6.07, 6.45) is 1.11. The quantitative estimate of drug-likeness (QED) is 0.442. The normalized spacial score (nSPS) is 16.5. The molecule has 2 aromatic heterocycles. The van der Waals surface area contributed by atoms with Gasteiger partial charge in [0.1, 0.15) is 29.9 Å². The molecule has 0 spiro atoms. The number of ether oxygens (including phenoxy) is 1. The summed E-state index contributed by atoms with van der Waals surface area (Å²) in [5, 5.41) is 16.4. The van der Waals surface area contributed by atoms with Crippen LogP contribution in [0.25, 0.3) is 21.9 Å². The fourth-order valence-electron chi connectivity index (χ4n) is 4.55. The molecule has 7 nitrogen and oxygen atoms in total. The number of fused-ring (bicyclic) bond motifs is 2. The minimum Gasteiger partial charge on any atom is -0.491 e. The third-order valence-electron chi connectivity index (χ3n) is 6.27. The Labute approximate surface area is 189 Å². The van der Waals surface area contributed by atoms with Crippen molar-refractivity contribution in [2.45, 2.75) is 31.8 Å². The second-order valence-electron chi connectivity index (χ2n) is 8.65. The zero-order valence-electron chi connectivity index (χ0n) is 18.3. The van der Waals surface area contributed by atoms with E-state index >= 15 is 0 Å². The number of aryl methyl sites for hydroxylation is 1. The number of rotatable bonds is 6. The van der Waals surface area contributed by atoms with E-state index in [2.05, 4.69) is 10.1 Å². The van der Waals surface area contributed by atoms with E-state index in [0.29, 0.717) is 23.5 Å². The minimum atomic E-state index is -0.655. The molecule has 0 radical (unpaired) electrons. The Kier molecular flexibility index (Phi) is 5.86. The van der Waals surface area contributed by atoms with Crippen molar-refractivity contribution >= 4 is 21.9 Å². The van der Waals surface area contributed by atoms with Crippen molar-refractivity contribution in [3.8, 4) is 5.75 Å². The largest absolute Gasteiger partial charge is 0.491 e. The maximum atomic E-state index is 13.4. The van der Waals surface area contributed by atoms with Gasteiger partial charge in [0.2, 0.25) is 0 Å². The fraction of sp³-hybridized carbons (Fsp3) is 0.360. The summed E-state index contributed by atoms with van der Waals surface area (Å²) in [4.78, 5) is 13.8. The average Bonchev–Trinajstić information content (AvgIpc) is 3.21. The van der Waals surface area contributed by atoms with Crippen molar-refractivity contribution in [1.29, 1.82) is 0 Å². The number of aliphatic hydroxyl groups excluding tert-OH is 1. The van der Waals surface area contributed by atoms with Gasteiger partial charge >= 0.3 is 5.63 Å². The molecular weight excluding hydrogens is 427 g/mol. The molecule has 8 heteroatoms. The summed E-state index contributed by atoms with van der Waals surface area (Å²) < 4.78 is 29.7. The predicted molar refractivity (Wildman–Crippen MR) is 121 cm³/mol. The number of benzene rings is 2. The summed E-state index contributed by atoms with van der Waals surface area (Å²) in [7, 11) is 0. The molecule has 1 fully saturated rings. The molecular formula is C25H25FN2O5. The van der Waals surface area contributed by atoms with Gasteiger partial charge < -0.3 is 23.7 Å². The smallest absolute Gasteiger partial charge is 0.336 e. The lowest BCUT2D eigenvalue weighted by Gasteiger charge is -2.32. The van der Waals surface area contributed by atoms with E-state index < -0.39 is 11.7 Å². The molecule has 3 heterocycles. The van der Waals surface area contributed by atoms with E-state index in [0.717, 1.165) is 48.0 Å².